The molecule has 0 radical (unpaired) electrons. The molecular formula is C21H20FNO4. The van der Waals surface area contributed by atoms with Gasteiger partial charge in [0.1, 0.15) is 18.5 Å². The maximum Gasteiger partial charge on any atom is 0.223 e. The van der Waals surface area contributed by atoms with Crippen LogP contribution in [0.1, 0.15) is 22.9 Å². The quantitative estimate of drug-likeness (QED) is 0.672. The minimum absolute atomic E-state index is 0.00614. The van der Waals surface area contributed by atoms with E-state index >= 15 is 0 Å². The van der Waals surface area contributed by atoms with Gasteiger partial charge >= 0.3 is 0 Å². The molecule has 0 amide bonds. The lowest BCUT2D eigenvalue weighted by Crippen LogP contribution is -2.21. The Bertz CT molecular complexity index is 939. The molecule has 1 heterocycles. The maximum atomic E-state index is 13.2. The van der Waals surface area contributed by atoms with Crippen molar-refractivity contribution in [2.45, 2.75) is 19.3 Å². The van der Waals surface area contributed by atoms with Gasteiger partial charge in [-0.25, -0.2) is 4.39 Å². The summed E-state index contributed by atoms with van der Waals surface area (Å²) in [5.41, 5.74) is 1.13. The number of aliphatic hydroxyl groups is 2. The van der Waals surface area contributed by atoms with E-state index in [-0.39, 0.29) is 36.6 Å². The van der Waals surface area contributed by atoms with E-state index in [9.17, 15) is 19.4 Å². The second-order valence-electron chi connectivity index (χ2n) is 6.04. The molecule has 1 aromatic heterocycles. The average Bonchev–Trinajstić information content (AvgIpc) is 2.69. The van der Waals surface area contributed by atoms with E-state index in [1.54, 1.807) is 4.57 Å². The highest BCUT2D eigenvalue weighted by molar-refractivity contribution is 5.37. The van der Waals surface area contributed by atoms with Crippen LogP contribution in [0.2, 0.25) is 0 Å². The molecule has 0 fully saturated rings. The Morgan fingerprint density at radius 1 is 1.04 bits per heavy atom. The summed E-state index contributed by atoms with van der Waals surface area (Å²) < 4.78 is 20.5. The number of rotatable bonds is 7. The highest BCUT2D eigenvalue weighted by atomic mass is 19.1. The van der Waals surface area contributed by atoms with Crippen LogP contribution in [-0.2, 0) is 13.2 Å². The summed E-state index contributed by atoms with van der Waals surface area (Å²) in [6, 6.07) is 16.0. The van der Waals surface area contributed by atoms with Crippen LogP contribution in [0.15, 0.2) is 71.7 Å². The molecule has 1 unspecified atom stereocenters. The monoisotopic (exact) mass is 369 g/mol. The molecular weight excluding hydrogens is 349 g/mol. The van der Waals surface area contributed by atoms with Crippen molar-refractivity contribution in [1.29, 1.82) is 0 Å². The molecule has 2 N–H and O–H groups in total. The molecule has 0 aliphatic rings. The zero-order valence-electron chi connectivity index (χ0n) is 14.6. The Hall–Kier alpha value is -2.96. The van der Waals surface area contributed by atoms with Crippen LogP contribution in [0.25, 0.3) is 0 Å². The molecule has 0 saturated carbocycles. The Balaban J connectivity index is 2.01. The van der Waals surface area contributed by atoms with Crippen molar-refractivity contribution in [1.82, 2.24) is 4.57 Å². The van der Waals surface area contributed by atoms with Gasteiger partial charge in [-0.1, -0.05) is 42.5 Å². The van der Waals surface area contributed by atoms with E-state index < -0.39 is 11.9 Å². The van der Waals surface area contributed by atoms with E-state index in [4.69, 9.17) is 4.74 Å². The molecule has 0 aliphatic carbocycles. The van der Waals surface area contributed by atoms with Gasteiger partial charge in [0.2, 0.25) is 5.43 Å². The molecule has 0 saturated heterocycles. The van der Waals surface area contributed by atoms with Gasteiger partial charge in [-0.2, -0.15) is 0 Å². The van der Waals surface area contributed by atoms with Gasteiger partial charge in [0, 0.05) is 18.8 Å². The van der Waals surface area contributed by atoms with Crippen molar-refractivity contribution < 1.29 is 19.3 Å². The Morgan fingerprint density at radius 2 is 1.74 bits per heavy atom. The molecule has 2 aromatic carbocycles. The van der Waals surface area contributed by atoms with Crippen LogP contribution in [0.4, 0.5) is 4.39 Å². The summed E-state index contributed by atoms with van der Waals surface area (Å²) in [7, 11) is 0. The molecule has 0 spiro atoms. The SMILES string of the molecule is O=c1ccn(CCO)c(C(O)c2ccc(F)cc2)c1OCc1ccccc1. The van der Waals surface area contributed by atoms with Crippen molar-refractivity contribution in [2.24, 2.45) is 0 Å². The standard InChI is InChI=1S/C21H20FNO4/c22-17-8-6-16(7-9-17)20(26)19-21(18(25)10-11-23(19)12-13-24)27-14-15-4-2-1-3-5-15/h1-11,20,24,26H,12-14H2. The summed E-state index contributed by atoms with van der Waals surface area (Å²) in [6.45, 7) is 0.155. The van der Waals surface area contributed by atoms with Crippen LogP contribution in [0.3, 0.4) is 0 Å². The molecule has 3 aromatic rings. The predicted octanol–water partition coefficient (Wildman–Crippen LogP) is 2.64. The second-order valence-corrected chi connectivity index (χ2v) is 6.04. The first-order chi connectivity index (χ1) is 13.1. The van der Waals surface area contributed by atoms with Crippen LogP contribution in [-0.4, -0.2) is 21.4 Å². The number of hydrogen-bond donors (Lipinski definition) is 2. The predicted molar refractivity (Wildman–Crippen MR) is 99.0 cm³/mol. The lowest BCUT2D eigenvalue weighted by Gasteiger charge is -2.21. The van der Waals surface area contributed by atoms with E-state index in [0.717, 1.165) is 5.56 Å². The van der Waals surface area contributed by atoms with Crippen LogP contribution >= 0.6 is 0 Å². The number of aliphatic hydroxyl groups excluding tert-OH is 2. The minimum atomic E-state index is -1.21. The summed E-state index contributed by atoms with van der Waals surface area (Å²) in [5.74, 6) is -0.418. The average molecular weight is 369 g/mol. The molecule has 140 valence electrons. The third-order valence-corrected chi connectivity index (χ3v) is 4.18. The third kappa shape index (κ3) is 4.42. The Kier molecular flexibility index (Phi) is 6.01. The van der Waals surface area contributed by atoms with Gasteiger partial charge < -0.3 is 19.5 Å². The lowest BCUT2D eigenvalue weighted by atomic mass is 10.0. The summed E-state index contributed by atoms with van der Waals surface area (Å²) in [5, 5.41) is 20.2. The smallest absolute Gasteiger partial charge is 0.223 e. The number of halogens is 1. The van der Waals surface area contributed by atoms with Crippen molar-refractivity contribution >= 4 is 0 Å². The first-order valence-corrected chi connectivity index (χ1v) is 8.54. The van der Waals surface area contributed by atoms with Gasteiger partial charge in [0.05, 0.1) is 12.3 Å². The first-order valence-electron chi connectivity index (χ1n) is 8.54. The number of nitrogens with zero attached hydrogens (tertiary/aromatic N) is 1. The van der Waals surface area contributed by atoms with Gasteiger partial charge in [0.15, 0.2) is 5.75 Å². The fourth-order valence-corrected chi connectivity index (χ4v) is 2.83. The molecule has 3 rings (SSSR count). The number of hydrogen-bond acceptors (Lipinski definition) is 4. The number of pyridine rings is 1. The van der Waals surface area contributed by atoms with E-state index in [1.165, 1.54) is 36.5 Å². The highest BCUT2D eigenvalue weighted by Crippen LogP contribution is 2.28. The van der Waals surface area contributed by atoms with Gasteiger partial charge in [-0.05, 0) is 23.3 Å². The largest absolute Gasteiger partial charge is 0.483 e. The van der Waals surface area contributed by atoms with Crippen molar-refractivity contribution in [2.75, 3.05) is 6.61 Å². The zero-order valence-corrected chi connectivity index (χ0v) is 14.6. The summed E-state index contributed by atoms with van der Waals surface area (Å²) >= 11 is 0. The lowest BCUT2D eigenvalue weighted by molar-refractivity contribution is 0.190. The zero-order chi connectivity index (χ0) is 19.2. The molecule has 6 heteroatoms. The molecule has 27 heavy (non-hydrogen) atoms. The molecule has 0 aliphatic heterocycles. The van der Waals surface area contributed by atoms with Crippen LogP contribution in [0.5, 0.6) is 5.75 Å². The van der Waals surface area contributed by atoms with Crippen molar-refractivity contribution in [3.8, 4) is 5.75 Å². The summed E-state index contributed by atoms with van der Waals surface area (Å²) in [4.78, 5) is 12.4. The maximum absolute atomic E-state index is 13.2. The number of aromatic nitrogens is 1. The third-order valence-electron chi connectivity index (χ3n) is 4.18. The van der Waals surface area contributed by atoms with Crippen LogP contribution < -0.4 is 10.2 Å². The topological polar surface area (TPSA) is 71.7 Å². The highest BCUT2D eigenvalue weighted by Gasteiger charge is 2.22. The van der Waals surface area contributed by atoms with E-state index in [0.29, 0.717) is 5.56 Å². The fourth-order valence-electron chi connectivity index (χ4n) is 2.83. The van der Waals surface area contributed by atoms with E-state index in [1.807, 2.05) is 30.3 Å². The Labute approximate surface area is 155 Å². The van der Waals surface area contributed by atoms with Crippen molar-refractivity contribution in [3.05, 3.63) is 99.7 Å². The summed E-state index contributed by atoms with van der Waals surface area (Å²) in [6.07, 6.45) is 0.285. The molecule has 0 bridgehead atoms. The normalized spacial score (nSPS) is 12.0. The number of ether oxygens (including phenoxy) is 1. The van der Waals surface area contributed by atoms with Gasteiger partial charge in [-0.3, -0.25) is 4.79 Å². The van der Waals surface area contributed by atoms with Gasteiger partial charge in [-0.15, -0.1) is 0 Å². The minimum Gasteiger partial charge on any atom is -0.483 e. The molecule has 5 nitrogen and oxygen atoms in total. The first kappa shape index (κ1) is 18.8. The van der Waals surface area contributed by atoms with Crippen LogP contribution in [0, 0.1) is 5.82 Å². The Morgan fingerprint density at radius 3 is 2.41 bits per heavy atom. The van der Waals surface area contributed by atoms with Gasteiger partial charge in [0.25, 0.3) is 0 Å². The fraction of sp³-hybridized carbons (Fsp3) is 0.190. The van der Waals surface area contributed by atoms with E-state index in [2.05, 4.69) is 0 Å². The second kappa shape index (κ2) is 8.62. The van der Waals surface area contributed by atoms with Crippen molar-refractivity contribution in [3.63, 3.8) is 0 Å². The molecule has 1 atom stereocenters. The number of benzene rings is 2.